The topological polar surface area (TPSA) is 57.7 Å². The highest BCUT2D eigenvalue weighted by Gasteiger charge is 2.46. The van der Waals surface area contributed by atoms with Crippen molar-refractivity contribution in [2.45, 2.75) is 50.6 Å². The maximum absolute atomic E-state index is 13.3. The summed E-state index contributed by atoms with van der Waals surface area (Å²) < 4.78 is 0.868. The number of nitrogens with zero attached hydrogens (tertiary/aromatic N) is 2. The largest absolute Gasteiger partial charge is 0.327 e. The van der Waals surface area contributed by atoms with E-state index >= 15 is 0 Å². The second kappa shape index (κ2) is 8.90. The molecule has 0 bridgehead atoms. The molecule has 0 N–H and O–H groups in total. The second-order valence-electron chi connectivity index (χ2n) is 7.81. The molecule has 156 valence electrons. The van der Waals surface area contributed by atoms with Crippen LogP contribution in [0.25, 0.3) is 0 Å². The number of rotatable bonds is 5. The summed E-state index contributed by atoms with van der Waals surface area (Å²) in [5, 5.41) is 0.612. The summed E-state index contributed by atoms with van der Waals surface area (Å²) in [6.07, 6.45) is 3.99. The van der Waals surface area contributed by atoms with Crippen LogP contribution in [0.15, 0.2) is 53.0 Å². The Morgan fingerprint density at radius 1 is 1.03 bits per heavy atom. The van der Waals surface area contributed by atoms with Crippen molar-refractivity contribution in [3.63, 3.8) is 0 Å². The molecule has 2 aromatic rings. The molecule has 0 radical (unpaired) electrons. The van der Waals surface area contributed by atoms with Crippen molar-refractivity contribution in [3.05, 3.63) is 63.6 Å². The smallest absolute Gasteiger partial charge is 0.257 e. The van der Waals surface area contributed by atoms with Crippen LogP contribution in [0.5, 0.6) is 0 Å². The molecule has 0 aromatic heterocycles. The van der Waals surface area contributed by atoms with Crippen LogP contribution in [0.2, 0.25) is 5.02 Å². The number of carbonyl (C=O) groups is 3. The van der Waals surface area contributed by atoms with Gasteiger partial charge in [-0.1, -0.05) is 52.5 Å². The van der Waals surface area contributed by atoms with Crippen molar-refractivity contribution in [2.24, 2.45) is 0 Å². The number of amides is 3. The van der Waals surface area contributed by atoms with Crippen molar-refractivity contribution in [3.8, 4) is 0 Å². The quantitative estimate of drug-likeness (QED) is 0.570. The minimum Gasteiger partial charge on any atom is -0.327 e. The molecule has 1 unspecified atom stereocenters. The molecule has 0 spiro atoms. The number of hydrogen-bond donors (Lipinski definition) is 0. The van der Waals surface area contributed by atoms with Crippen molar-refractivity contribution < 1.29 is 14.4 Å². The van der Waals surface area contributed by atoms with E-state index < -0.39 is 6.04 Å². The first-order chi connectivity index (χ1) is 14.4. The van der Waals surface area contributed by atoms with E-state index in [0.29, 0.717) is 10.7 Å². The molecule has 1 aliphatic carbocycles. The minimum absolute atomic E-state index is 0.00332. The Balaban J connectivity index is 1.59. The molecule has 2 fully saturated rings. The number of halogens is 2. The summed E-state index contributed by atoms with van der Waals surface area (Å²) in [5.41, 5.74) is 1.38. The molecule has 1 saturated carbocycles. The van der Waals surface area contributed by atoms with Gasteiger partial charge in [0.25, 0.3) is 5.91 Å². The van der Waals surface area contributed by atoms with Crippen LogP contribution in [0.3, 0.4) is 0 Å². The van der Waals surface area contributed by atoms with E-state index in [-0.39, 0.29) is 36.6 Å². The molecular weight excluding hydrogens is 468 g/mol. The number of imide groups is 1. The number of hydrogen-bond acceptors (Lipinski definition) is 3. The third-order valence-electron chi connectivity index (χ3n) is 5.82. The average molecular weight is 490 g/mol. The molecule has 2 aromatic carbocycles. The van der Waals surface area contributed by atoms with Gasteiger partial charge in [-0.2, -0.15) is 0 Å². The van der Waals surface area contributed by atoms with Crippen molar-refractivity contribution in [2.75, 3.05) is 4.90 Å². The first-order valence-electron chi connectivity index (χ1n) is 10.1. The van der Waals surface area contributed by atoms with Gasteiger partial charge in [0.2, 0.25) is 11.8 Å². The lowest BCUT2D eigenvalue weighted by molar-refractivity contribution is -0.140. The molecule has 4 rings (SSSR count). The van der Waals surface area contributed by atoms with Crippen LogP contribution in [0.1, 0.15) is 37.7 Å². The minimum atomic E-state index is -0.746. The van der Waals surface area contributed by atoms with Gasteiger partial charge in [-0.3, -0.25) is 14.4 Å². The van der Waals surface area contributed by atoms with Gasteiger partial charge < -0.3 is 4.90 Å². The van der Waals surface area contributed by atoms with Crippen LogP contribution in [0.4, 0.5) is 5.69 Å². The van der Waals surface area contributed by atoms with Gasteiger partial charge in [0, 0.05) is 15.5 Å². The summed E-state index contributed by atoms with van der Waals surface area (Å²) >= 11 is 9.32. The summed E-state index contributed by atoms with van der Waals surface area (Å²) in [6, 6.07) is 13.5. The highest BCUT2D eigenvalue weighted by molar-refractivity contribution is 9.10. The van der Waals surface area contributed by atoms with E-state index in [1.54, 1.807) is 41.3 Å². The molecule has 30 heavy (non-hydrogen) atoms. The van der Waals surface area contributed by atoms with Gasteiger partial charge in [-0.25, -0.2) is 4.90 Å². The lowest BCUT2D eigenvalue weighted by Crippen LogP contribution is -2.50. The Morgan fingerprint density at radius 3 is 2.30 bits per heavy atom. The van der Waals surface area contributed by atoms with Gasteiger partial charge in [-0.05, 0) is 54.8 Å². The first kappa shape index (κ1) is 21.1. The van der Waals surface area contributed by atoms with E-state index in [9.17, 15) is 14.4 Å². The summed E-state index contributed by atoms with van der Waals surface area (Å²) in [7, 11) is 0. The van der Waals surface area contributed by atoms with Crippen LogP contribution in [-0.4, -0.2) is 34.7 Å². The molecular formula is C23H22BrClN2O3. The SMILES string of the molecule is O=C1CC(N(C(=O)Cc2ccc(Cl)cc2)C2CCCC2)C(=O)N1c1ccc(Br)cc1. The Kier molecular flexibility index (Phi) is 6.25. The fourth-order valence-electron chi connectivity index (χ4n) is 4.38. The van der Waals surface area contributed by atoms with Crippen molar-refractivity contribution in [1.82, 2.24) is 4.90 Å². The van der Waals surface area contributed by atoms with Crippen LogP contribution >= 0.6 is 27.5 Å². The molecule has 1 atom stereocenters. The lowest BCUT2D eigenvalue weighted by Gasteiger charge is -2.33. The Morgan fingerprint density at radius 2 is 1.67 bits per heavy atom. The standard InChI is InChI=1S/C23H22BrClN2O3/c24-16-7-11-19(12-8-16)27-22(29)14-20(23(27)30)26(18-3-1-2-4-18)21(28)13-15-5-9-17(25)10-6-15/h5-12,18,20H,1-4,13-14H2. The molecule has 2 aliphatic rings. The van der Waals surface area contributed by atoms with Gasteiger partial charge in [-0.15, -0.1) is 0 Å². The summed E-state index contributed by atoms with van der Waals surface area (Å²) in [4.78, 5) is 42.3. The van der Waals surface area contributed by atoms with Crippen molar-refractivity contribution in [1.29, 1.82) is 0 Å². The van der Waals surface area contributed by atoms with Gasteiger partial charge in [0.15, 0.2) is 0 Å². The van der Waals surface area contributed by atoms with E-state index in [2.05, 4.69) is 15.9 Å². The number of benzene rings is 2. The molecule has 1 saturated heterocycles. The Hall–Kier alpha value is -2.18. The lowest BCUT2D eigenvalue weighted by atomic mass is 10.1. The summed E-state index contributed by atoms with van der Waals surface area (Å²) in [6.45, 7) is 0. The molecule has 7 heteroatoms. The third-order valence-corrected chi connectivity index (χ3v) is 6.60. The zero-order valence-electron chi connectivity index (χ0n) is 16.4. The van der Waals surface area contributed by atoms with E-state index in [1.807, 2.05) is 12.1 Å². The molecule has 3 amide bonds. The van der Waals surface area contributed by atoms with E-state index in [1.165, 1.54) is 4.90 Å². The van der Waals surface area contributed by atoms with Gasteiger partial charge >= 0.3 is 0 Å². The molecule has 1 aliphatic heterocycles. The second-order valence-corrected chi connectivity index (χ2v) is 9.16. The fourth-order valence-corrected chi connectivity index (χ4v) is 4.77. The first-order valence-corrected chi connectivity index (χ1v) is 11.3. The highest BCUT2D eigenvalue weighted by Crippen LogP contribution is 2.32. The predicted octanol–water partition coefficient (Wildman–Crippen LogP) is 4.75. The zero-order chi connectivity index (χ0) is 21.3. The van der Waals surface area contributed by atoms with E-state index in [4.69, 9.17) is 11.6 Å². The van der Waals surface area contributed by atoms with Crippen LogP contribution in [0, 0.1) is 0 Å². The fraction of sp³-hybridized carbons (Fsp3) is 0.348. The predicted molar refractivity (Wildman–Crippen MR) is 119 cm³/mol. The number of carbonyl (C=O) groups excluding carboxylic acids is 3. The van der Waals surface area contributed by atoms with Crippen LogP contribution < -0.4 is 4.90 Å². The van der Waals surface area contributed by atoms with Gasteiger partial charge in [0.05, 0.1) is 18.5 Å². The zero-order valence-corrected chi connectivity index (χ0v) is 18.7. The molecule has 5 nitrogen and oxygen atoms in total. The van der Waals surface area contributed by atoms with Crippen LogP contribution in [-0.2, 0) is 20.8 Å². The van der Waals surface area contributed by atoms with E-state index in [0.717, 1.165) is 35.7 Å². The van der Waals surface area contributed by atoms with Crippen molar-refractivity contribution >= 4 is 50.9 Å². The summed E-state index contributed by atoms with van der Waals surface area (Å²) in [5.74, 6) is -0.707. The highest BCUT2D eigenvalue weighted by atomic mass is 79.9. The monoisotopic (exact) mass is 488 g/mol. The van der Waals surface area contributed by atoms with Gasteiger partial charge in [0.1, 0.15) is 6.04 Å². The average Bonchev–Trinajstić information content (AvgIpc) is 3.34. The number of anilines is 1. The Bertz CT molecular complexity index is 955. The molecule has 1 heterocycles. The third kappa shape index (κ3) is 4.30. The normalized spacial score (nSPS) is 19.5. The maximum Gasteiger partial charge on any atom is 0.257 e. The Labute approximate surface area is 189 Å². The maximum atomic E-state index is 13.3.